The molecule has 0 saturated carbocycles. The molecule has 0 radical (unpaired) electrons. The van der Waals surface area contributed by atoms with E-state index in [-0.39, 0.29) is 5.75 Å². The molecule has 0 fully saturated rings. The lowest BCUT2D eigenvalue weighted by Crippen LogP contribution is -2.01. The van der Waals surface area contributed by atoms with Crippen molar-refractivity contribution in [3.05, 3.63) is 79.0 Å². The Labute approximate surface area is 145 Å². The Morgan fingerprint density at radius 1 is 1.04 bits per heavy atom. The molecule has 5 heteroatoms. The number of hydrogen-bond acceptors (Lipinski definition) is 4. The number of nitrogens with two attached hydrogens (primary N) is 1. The molecule has 0 bridgehead atoms. The van der Waals surface area contributed by atoms with Crippen LogP contribution in [0.5, 0.6) is 5.75 Å². The number of hydrogen-bond donors (Lipinski definition) is 2. The molecule has 2 heterocycles. The quantitative estimate of drug-likeness (QED) is 0.589. The first-order valence-electron chi connectivity index (χ1n) is 7.93. The molecule has 4 aromatic rings. The lowest BCUT2D eigenvalue weighted by atomic mass is 10.1. The molecule has 2 aromatic carbocycles. The van der Waals surface area contributed by atoms with Gasteiger partial charge in [-0.1, -0.05) is 42.5 Å². The van der Waals surface area contributed by atoms with Crippen molar-refractivity contribution in [2.75, 3.05) is 5.73 Å². The van der Waals surface area contributed by atoms with E-state index in [1.807, 2.05) is 47.0 Å². The van der Waals surface area contributed by atoms with E-state index in [2.05, 4.69) is 4.98 Å². The number of aromatic nitrogens is 2. The maximum absolute atomic E-state index is 9.71. The first-order valence-corrected chi connectivity index (χ1v) is 7.93. The summed E-state index contributed by atoms with van der Waals surface area (Å²) in [5.41, 5.74) is 11.2. The first kappa shape index (κ1) is 15.1. The summed E-state index contributed by atoms with van der Waals surface area (Å²) in [4.78, 5) is 4.61. The first-order chi connectivity index (χ1) is 12.2. The summed E-state index contributed by atoms with van der Waals surface area (Å²) in [7, 11) is 0. The molecule has 2 aromatic heterocycles. The largest absolute Gasteiger partial charge is 0.508 e. The Kier molecular flexibility index (Phi) is 3.74. The normalized spacial score (nSPS) is 10.9. The number of aromatic hydroxyl groups is 1. The van der Waals surface area contributed by atoms with Gasteiger partial charge in [0.05, 0.1) is 29.0 Å². The van der Waals surface area contributed by atoms with Crippen molar-refractivity contribution >= 4 is 5.69 Å². The van der Waals surface area contributed by atoms with Crippen molar-refractivity contribution in [2.45, 2.75) is 6.54 Å². The van der Waals surface area contributed by atoms with Crippen LogP contribution in [0, 0.1) is 0 Å². The number of furan rings is 1. The second-order valence-electron chi connectivity index (χ2n) is 5.85. The molecule has 0 amide bonds. The number of benzene rings is 2. The van der Waals surface area contributed by atoms with E-state index >= 15 is 0 Å². The third-order valence-electron chi connectivity index (χ3n) is 4.10. The second-order valence-corrected chi connectivity index (χ2v) is 5.85. The van der Waals surface area contributed by atoms with Gasteiger partial charge >= 0.3 is 0 Å². The highest BCUT2D eigenvalue weighted by atomic mass is 16.3. The number of phenolic OH excluding ortho intramolecular Hbond substituents is 1. The minimum absolute atomic E-state index is 0.241. The lowest BCUT2D eigenvalue weighted by molar-refractivity contribution is 0.474. The topological polar surface area (TPSA) is 77.2 Å². The van der Waals surface area contributed by atoms with Crippen LogP contribution in [0.15, 0.2) is 77.9 Å². The number of imidazole rings is 1. The second kappa shape index (κ2) is 6.20. The van der Waals surface area contributed by atoms with Crippen LogP contribution in [0.2, 0.25) is 0 Å². The molecule has 0 saturated heterocycles. The maximum Gasteiger partial charge on any atom is 0.115 e. The summed E-state index contributed by atoms with van der Waals surface area (Å²) >= 11 is 0. The molecule has 0 spiro atoms. The molecule has 3 N–H and O–H groups in total. The zero-order valence-electron chi connectivity index (χ0n) is 13.5. The molecule has 5 nitrogen and oxygen atoms in total. The lowest BCUT2D eigenvalue weighted by Gasteiger charge is -2.10. The van der Waals surface area contributed by atoms with E-state index in [9.17, 15) is 5.11 Å². The van der Waals surface area contributed by atoms with Crippen LogP contribution in [0.1, 0.15) is 5.56 Å². The Morgan fingerprint density at radius 3 is 2.60 bits per heavy atom. The van der Waals surface area contributed by atoms with Crippen molar-refractivity contribution in [3.8, 4) is 28.3 Å². The van der Waals surface area contributed by atoms with E-state index in [4.69, 9.17) is 10.2 Å². The molecule has 0 aliphatic heterocycles. The molecule has 4 rings (SSSR count). The van der Waals surface area contributed by atoms with Crippen molar-refractivity contribution in [3.63, 3.8) is 0 Å². The molecular formula is C20H17N3O2. The van der Waals surface area contributed by atoms with Gasteiger partial charge in [0.25, 0.3) is 0 Å². The van der Waals surface area contributed by atoms with Crippen molar-refractivity contribution in [1.82, 2.24) is 9.55 Å². The van der Waals surface area contributed by atoms with E-state index in [0.29, 0.717) is 12.2 Å². The minimum atomic E-state index is 0.241. The molecule has 0 aliphatic carbocycles. The standard InChI is InChI=1S/C20H17N3O2/c21-18-12-25-11-17(18)20-19(15-6-2-1-3-7-15)22-13-23(20)10-14-5-4-8-16(24)9-14/h1-9,11-13,24H,10,21H2. The van der Waals surface area contributed by atoms with Gasteiger partial charge in [0, 0.05) is 12.1 Å². The molecule has 124 valence electrons. The maximum atomic E-state index is 9.71. The summed E-state index contributed by atoms with van der Waals surface area (Å²) in [6.45, 7) is 0.564. The van der Waals surface area contributed by atoms with Gasteiger partial charge in [-0.25, -0.2) is 4.98 Å². The van der Waals surface area contributed by atoms with Crippen LogP contribution in [0.25, 0.3) is 22.5 Å². The fourth-order valence-corrected chi connectivity index (χ4v) is 2.94. The van der Waals surface area contributed by atoms with Gasteiger partial charge in [-0.3, -0.25) is 0 Å². The number of nitrogens with zero attached hydrogens (tertiary/aromatic N) is 2. The van der Waals surface area contributed by atoms with Gasteiger partial charge in [-0.05, 0) is 17.7 Å². The molecule has 0 unspecified atom stereocenters. The van der Waals surface area contributed by atoms with E-state index in [1.165, 1.54) is 6.26 Å². The summed E-state index contributed by atoms with van der Waals surface area (Å²) in [5, 5.41) is 9.71. The monoisotopic (exact) mass is 331 g/mol. The average molecular weight is 331 g/mol. The van der Waals surface area contributed by atoms with Crippen molar-refractivity contribution < 1.29 is 9.52 Å². The summed E-state index contributed by atoms with van der Waals surface area (Å²) < 4.78 is 7.29. The van der Waals surface area contributed by atoms with Gasteiger partial charge in [0.2, 0.25) is 0 Å². The van der Waals surface area contributed by atoms with E-state index in [0.717, 1.165) is 28.1 Å². The van der Waals surface area contributed by atoms with Gasteiger partial charge in [-0.15, -0.1) is 0 Å². The highest BCUT2D eigenvalue weighted by Gasteiger charge is 2.18. The average Bonchev–Trinajstić information content (AvgIpc) is 3.21. The van der Waals surface area contributed by atoms with E-state index in [1.54, 1.807) is 24.7 Å². The molecule has 25 heavy (non-hydrogen) atoms. The number of anilines is 1. The molecular weight excluding hydrogens is 314 g/mol. The third kappa shape index (κ3) is 2.87. The van der Waals surface area contributed by atoms with Crippen molar-refractivity contribution in [2.24, 2.45) is 0 Å². The minimum Gasteiger partial charge on any atom is -0.508 e. The molecule has 0 aliphatic rings. The smallest absolute Gasteiger partial charge is 0.115 e. The van der Waals surface area contributed by atoms with Crippen molar-refractivity contribution in [1.29, 1.82) is 0 Å². The predicted molar refractivity (Wildman–Crippen MR) is 97.0 cm³/mol. The Morgan fingerprint density at radius 2 is 1.88 bits per heavy atom. The van der Waals surface area contributed by atoms with Crippen LogP contribution < -0.4 is 5.73 Å². The SMILES string of the molecule is Nc1cocc1-c1c(-c2ccccc2)ncn1Cc1cccc(O)c1. The predicted octanol–water partition coefficient (Wildman–Crippen LogP) is 4.15. The third-order valence-corrected chi connectivity index (χ3v) is 4.10. The van der Waals surface area contributed by atoms with Crippen LogP contribution in [0.4, 0.5) is 5.69 Å². The number of rotatable bonds is 4. The zero-order valence-corrected chi connectivity index (χ0v) is 13.5. The summed E-state index contributed by atoms with van der Waals surface area (Å²) in [6.07, 6.45) is 4.95. The van der Waals surface area contributed by atoms with Crippen LogP contribution in [0.3, 0.4) is 0 Å². The zero-order chi connectivity index (χ0) is 17.2. The van der Waals surface area contributed by atoms with Crippen LogP contribution >= 0.6 is 0 Å². The highest BCUT2D eigenvalue weighted by molar-refractivity contribution is 5.84. The Bertz CT molecular complexity index is 1000. The number of phenols is 1. The molecule has 0 atom stereocenters. The fourth-order valence-electron chi connectivity index (χ4n) is 2.94. The summed E-state index contributed by atoms with van der Waals surface area (Å²) in [5.74, 6) is 0.241. The number of nitrogen functional groups attached to an aromatic ring is 1. The fraction of sp³-hybridized carbons (Fsp3) is 0.0500. The highest BCUT2D eigenvalue weighted by Crippen LogP contribution is 2.35. The van der Waals surface area contributed by atoms with Gasteiger partial charge in [0.1, 0.15) is 18.3 Å². The van der Waals surface area contributed by atoms with Gasteiger partial charge < -0.3 is 19.8 Å². The van der Waals surface area contributed by atoms with Gasteiger partial charge in [0.15, 0.2) is 0 Å². The van der Waals surface area contributed by atoms with Crippen LogP contribution in [-0.2, 0) is 6.54 Å². The Hall–Kier alpha value is -3.47. The Balaban J connectivity index is 1.85. The summed E-state index contributed by atoms with van der Waals surface area (Å²) in [6, 6.07) is 17.1. The van der Waals surface area contributed by atoms with Gasteiger partial charge in [-0.2, -0.15) is 0 Å². The van der Waals surface area contributed by atoms with Crippen LogP contribution in [-0.4, -0.2) is 14.7 Å². The van der Waals surface area contributed by atoms with E-state index < -0.39 is 0 Å².